The van der Waals surface area contributed by atoms with Crippen LogP contribution in [0.15, 0.2) is 18.2 Å². The van der Waals surface area contributed by atoms with Crippen molar-refractivity contribution in [1.82, 2.24) is 5.32 Å². The smallest absolute Gasteiger partial charge is 0.303 e. The highest BCUT2D eigenvalue weighted by Crippen LogP contribution is 2.19. The Labute approximate surface area is 124 Å². The van der Waals surface area contributed by atoms with Crippen LogP contribution in [0.5, 0.6) is 0 Å². The molecule has 1 rings (SSSR count). The van der Waals surface area contributed by atoms with Gasteiger partial charge in [-0.15, -0.1) is 0 Å². The number of carbonyl (C=O) groups excluding carboxylic acids is 1. The largest absolute Gasteiger partial charge is 0.481 e. The first-order valence-electron chi connectivity index (χ1n) is 6.45. The molecule has 110 valence electrons. The lowest BCUT2D eigenvalue weighted by atomic mass is 10.0. The number of anilines is 1. The lowest BCUT2D eigenvalue weighted by Gasteiger charge is -2.11. The van der Waals surface area contributed by atoms with Crippen molar-refractivity contribution in [2.75, 3.05) is 18.1 Å². The normalized spacial score (nSPS) is 10.1. The first kappa shape index (κ1) is 16.4. The summed E-state index contributed by atoms with van der Waals surface area (Å²) in [5.41, 5.74) is 2.81. The number of aliphatic carboxylic acids is 1. The van der Waals surface area contributed by atoms with E-state index in [2.05, 4.69) is 23.3 Å². The molecule has 5 nitrogen and oxygen atoms in total. The van der Waals surface area contributed by atoms with Gasteiger partial charge in [-0.2, -0.15) is 12.6 Å². The number of nitrogens with one attached hydrogen (secondary N) is 2. The van der Waals surface area contributed by atoms with Gasteiger partial charge in [0.15, 0.2) is 0 Å². The zero-order valence-corrected chi connectivity index (χ0v) is 12.4. The monoisotopic (exact) mass is 296 g/mol. The molecule has 20 heavy (non-hydrogen) atoms. The molecular weight excluding hydrogens is 276 g/mol. The third-order valence-electron chi connectivity index (χ3n) is 2.88. The Balaban J connectivity index is 2.70. The van der Waals surface area contributed by atoms with Crippen LogP contribution in [0, 0.1) is 0 Å². The van der Waals surface area contributed by atoms with Crippen molar-refractivity contribution >= 4 is 30.2 Å². The Hall–Kier alpha value is -1.69. The molecule has 6 heteroatoms. The minimum absolute atomic E-state index is 0.0372. The number of benzene rings is 1. The lowest BCUT2D eigenvalue weighted by Crippen LogP contribution is -2.22. The maximum atomic E-state index is 11.4. The second kappa shape index (κ2) is 8.47. The lowest BCUT2D eigenvalue weighted by molar-refractivity contribution is -0.137. The number of aryl methyl sites for hydroxylation is 1. The minimum atomic E-state index is -0.820. The maximum absolute atomic E-state index is 11.4. The second-order valence-corrected chi connectivity index (χ2v) is 4.83. The van der Waals surface area contributed by atoms with E-state index in [1.165, 1.54) is 0 Å². The van der Waals surface area contributed by atoms with Crippen LogP contribution in [-0.4, -0.2) is 29.8 Å². The molecule has 0 saturated carbocycles. The molecule has 0 fully saturated rings. The van der Waals surface area contributed by atoms with E-state index in [1.54, 1.807) is 7.05 Å². The van der Waals surface area contributed by atoms with E-state index < -0.39 is 5.97 Å². The number of carboxylic acids is 1. The topological polar surface area (TPSA) is 78.4 Å². The fraction of sp³-hybridized carbons (Fsp3) is 0.429. The van der Waals surface area contributed by atoms with Gasteiger partial charge >= 0.3 is 5.97 Å². The molecule has 0 unspecified atom stereocenters. The van der Waals surface area contributed by atoms with Crippen LogP contribution in [-0.2, 0) is 22.6 Å². The number of carbonyl (C=O) groups is 2. The first-order chi connectivity index (χ1) is 9.56. The number of thiol groups is 1. The summed E-state index contributed by atoms with van der Waals surface area (Å²) in [6.45, 7) is 0.441. The SMILES string of the molecule is CNc1ccc(CNC(=O)CCS)cc1CCC(=O)O. The van der Waals surface area contributed by atoms with Crippen molar-refractivity contribution in [3.8, 4) is 0 Å². The standard InChI is InChI=1S/C14H20N2O3S/c1-15-12-4-2-10(9-16-13(17)6-7-20)8-11(12)3-5-14(18)19/h2,4,8,15,20H,3,5-7,9H2,1H3,(H,16,17)(H,18,19). The molecule has 0 spiro atoms. The molecule has 0 bridgehead atoms. The zero-order chi connectivity index (χ0) is 15.0. The summed E-state index contributed by atoms with van der Waals surface area (Å²) in [5, 5.41) is 14.6. The summed E-state index contributed by atoms with van der Waals surface area (Å²) in [7, 11) is 1.80. The average Bonchev–Trinajstić information content (AvgIpc) is 2.43. The van der Waals surface area contributed by atoms with Gasteiger partial charge in [-0.05, 0) is 29.4 Å². The fourth-order valence-corrected chi connectivity index (χ4v) is 2.04. The molecule has 0 aliphatic carbocycles. The number of carboxylic acid groups (broad SMARTS) is 1. The molecule has 1 amide bonds. The van der Waals surface area contributed by atoms with Gasteiger partial charge in [0, 0.05) is 32.1 Å². The van der Waals surface area contributed by atoms with Gasteiger partial charge < -0.3 is 15.7 Å². The van der Waals surface area contributed by atoms with E-state index in [0.717, 1.165) is 16.8 Å². The van der Waals surface area contributed by atoms with E-state index in [4.69, 9.17) is 5.11 Å². The first-order valence-corrected chi connectivity index (χ1v) is 7.09. The van der Waals surface area contributed by atoms with Crippen LogP contribution >= 0.6 is 12.6 Å². The molecule has 1 aromatic carbocycles. The number of rotatable bonds is 8. The van der Waals surface area contributed by atoms with Crippen molar-refractivity contribution in [1.29, 1.82) is 0 Å². The molecule has 1 aromatic rings. The second-order valence-electron chi connectivity index (χ2n) is 4.39. The average molecular weight is 296 g/mol. The quantitative estimate of drug-likeness (QED) is 0.550. The number of amides is 1. The van der Waals surface area contributed by atoms with Crippen LogP contribution < -0.4 is 10.6 Å². The Morgan fingerprint density at radius 2 is 2.05 bits per heavy atom. The van der Waals surface area contributed by atoms with Crippen LogP contribution in [0.3, 0.4) is 0 Å². The van der Waals surface area contributed by atoms with Gasteiger partial charge in [-0.3, -0.25) is 9.59 Å². The van der Waals surface area contributed by atoms with Crippen LogP contribution in [0.1, 0.15) is 24.0 Å². The summed E-state index contributed by atoms with van der Waals surface area (Å²) in [6, 6.07) is 5.74. The Morgan fingerprint density at radius 1 is 1.30 bits per heavy atom. The summed E-state index contributed by atoms with van der Waals surface area (Å²) in [5.74, 6) is -0.335. The highest BCUT2D eigenvalue weighted by molar-refractivity contribution is 7.80. The number of hydrogen-bond donors (Lipinski definition) is 4. The van der Waals surface area contributed by atoms with E-state index >= 15 is 0 Å². The van der Waals surface area contributed by atoms with Crippen molar-refractivity contribution in [2.24, 2.45) is 0 Å². The highest BCUT2D eigenvalue weighted by Gasteiger charge is 2.06. The van der Waals surface area contributed by atoms with Crippen LogP contribution in [0.2, 0.25) is 0 Å². The van der Waals surface area contributed by atoms with Gasteiger partial charge in [-0.1, -0.05) is 12.1 Å². The predicted molar refractivity (Wildman–Crippen MR) is 82.3 cm³/mol. The van der Waals surface area contributed by atoms with E-state index in [9.17, 15) is 9.59 Å². The van der Waals surface area contributed by atoms with Gasteiger partial charge in [0.25, 0.3) is 0 Å². The third-order valence-corrected chi connectivity index (χ3v) is 3.10. The Morgan fingerprint density at radius 3 is 2.65 bits per heavy atom. The van der Waals surface area contributed by atoms with Crippen molar-refractivity contribution in [2.45, 2.75) is 25.8 Å². The van der Waals surface area contributed by atoms with Crippen molar-refractivity contribution in [3.05, 3.63) is 29.3 Å². The zero-order valence-electron chi connectivity index (χ0n) is 11.5. The van der Waals surface area contributed by atoms with Crippen molar-refractivity contribution < 1.29 is 14.7 Å². The summed E-state index contributed by atoms with van der Waals surface area (Å²) < 4.78 is 0. The van der Waals surface area contributed by atoms with Gasteiger partial charge in [0.2, 0.25) is 5.91 Å². The van der Waals surface area contributed by atoms with Crippen LogP contribution in [0.25, 0.3) is 0 Å². The highest BCUT2D eigenvalue weighted by atomic mass is 32.1. The summed E-state index contributed by atoms with van der Waals surface area (Å²) in [6.07, 6.45) is 0.942. The molecule has 0 heterocycles. The Kier molecular flexibility index (Phi) is 6.93. The van der Waals surface area contributed by atoms with E-state index in [1.807, 2.05) is 18.2 Å². The van der Waals surface area contributed by atoms with Gasteiger partial charge in [0.05, 0.1) is 0 Å². The number of hydrogen-bond acceptors (Lipinski definition) is 4. The summed E-state index contributed by atoms with van der Waals surface area (Å²) in [4.78, 5) is 22.0. The summed E-state index contributed by atoms with van der Waals surface area (Å²) >= 11 is 4.00. The maximum Gasteiger partial charge on any atom is 0.303 e. The Bertz CT molecular complexity index is 477. The molecular formula is C14H20N2O3S. The fourth-order valence-electron chi connectivity index (χ4n) is 1.84. The molecule has 0 saturated heterocycles. The molecule has 0 aliphatic rings. The van der Waals surface area contributed by atoms with Gasteiger partial charge in [-0.25, -0.2) is 0 Å². The molecule has 0 aromatic heterocycles. The predicted octanol–water partition coefficient (Wildman–Crippen LogP) is 1.68. The van der Waals surface area contributed by atoms with E-state index in [0.29, 0.717) is 25.1 Å². The molecule has 0 radical (unpaired) electrons. The van der Waals surface area contributed by atoms with Gasteiger partial charge in [0.1, 0.15) is 0 Å². The van der Waals surface area contributed by atoms with Crippen LogP contribution in [0.4, 0.5) is 5.69 Å². The minimum Gasteiger partial charge on any atom is -0.481 e. The molecule has 0 aliphatic heterocycles. The molecule has 3 N–H and O–H groups in total. The van der Waals surface area contributed by atoms with E-state index in [-0.39, 0.29) is 12.3 Å². The molecule has 0 atom stereocenters. The third kappa shape index (κ3) is 5.52. The van der Waals surface area contributed by atoms with Crippen molar-refractivity contribution in [3.63, 3.8) is 0 Å².